The van der Waals surface area contributed by atoms with Gasteiger partial charge in [-0.1, -0.05) is 48.5 Å². The Kier molecular flexibility index (Phi) is 4.68. The third-order valence-corrected chi connectivity index (χ3v) is 3.17. The molecule has 112 valence electrons. The van der Waals surface area contributed by atoms with E-state index in [1.807, 2.05) is 0 Å². The van der Waals surface area contributed by atoms with Crippen LogP contribution in [-0.4, -0.2) is 28.8 Å². The van der Waals surface area contributed by atoms with Crippen molar-refractivity contribution in [3.8, 4) is 0 Å². The highest BCUT2D eigenvalue weighted by Crippen LogP contribution is 2.15. The number of rotatable bonds is 5. The van der Waals surface area contributed by atoms with E-state index >= 15 is 0 Å². The van der Waals surface area contributed by atoms with Crippen molar-refractivity contribution in [3.05, 3.63) is 71.3 Å². The van der Waals surface area contributed by atoms with Gasteiger partial charge in [0.2, 0.25) is 0 Å². The van der Waals surface area contributed by atoms with Crippen LogP contribution in [0.5, 0.6) is 0 Å². The van der Waals surface area contributed by atoms with Gasteiger partial charge in [-0.3, -0.25) is 14.4 Å². The topological polar surface area (TPSA) is 83.5 Å². The van der Waals surface area contributed by atoms with Gasteiger partial charge in [0, 0.05) is 11.1 Å². The average Bonchev–Trinajstić information content (AvgIpc) is 2.54. The van der Waals surface area contributed by atoms with Crippen molar-refractivity contribution in [3.63, 3.8) is 0 Å². The summed E-state index contributed by atoms with van der Waals surface area (Å²) in [6.07, 6.45) is 0. The second-order valence-corrected chi connectivity index (χ2v) is 4.77. The molecule has 0 aliphatic carbocycles. The summed E-state index contributed by atoms with van der Waals surface area (Å²) >= 11 is 0. The second kappa shape index (κ2) is 6.67. The molecule has 0 aliphatic heterocycles. The van der Waals surface area contributed by atoms with Crippen molar-refractivity contribution in [1.29, 1.82) is 0 Å². The van der Waals surface area contributed by atoms with Crippen LogP contribution in [0.25, 0.3) is 0 Å². The van der Waals surface area contributed by atoms with E-state index in [-0.39, 0.29) is 16.9 Å². The van der Waals surface area contributed by atoms with E-state index < -0.39 is 17.9 Å². The zero-order chi connectivity index (χ0) is 16.1. The van der Waals surface area contributed by atoms with E-state index in [1.54, 1.807) is 48.5 Å². The molecule has 1 amide bonds. The van der Waals surface area contributed by atoms with Gasteiger partial charge in [0.1, 0.15) is 6.04 Å². The fraction of sp³-hybridized carbons (Fsp3) is 0.118. The van der Waals surface area contributed by atoms with Gasteiger partial charge in [-0.25, -0.2) is 0 Å². The molecular weight excluding hydrogens is 282 g/mol. The third kappa shape index (κ3) is 3.38. The van der Waals surface area contributed by atoms with Crippen LogP contribution in [0.4, 0.5) is 0 Å². The Hall–Kier alpha value is -2.95. The average molecular weight is 297 g/mol. The smallest absolute Gasteiger partial charge is 0.325 e. The lowest BCUT2D eigenvalue weighted by atomic mass is 9.98. The summed E-state index contributed by atoms with van der Waals surface area (Å²) in [5, 5.41) is 11.2. The molecule has 5 nitrogen and oxygen atoms in total. The molecule has 0 saturated heterocycles. The van der Waals surface area contributed by atoms with Crippen LogP contribution >= 0.6 is 0 Å². The summed E-state index contributed by atoms with van der Waals surface area (Å²) in [6.45, 7) is 1.36. The molecule has 0 bridgehead atoms. The van der Waals surface area contributed by atoms with Crippen LogP contribution in [0.1, 0.15) is 33.2 Å². The lowest BCUT2D eigenvalue weighted by Gasteiger charge is -2.12. The second-order valence-electron chi connectivity index (χ2n) is 4.77. The molecule has 0 saturated carbocycles. The van der Waals surface area contributed by atoms with Crippen molar-refractivity contribution in [2.24, 2.45) is 0 Å². The predicted octanol–water partition coefficient (Wildman–Crippen LogP) is 2.12. The van der Waals surface area contributed by atoms with Crippen LogP contribution < -0.4 is 5.32 Å². The van der Waals surface area contributed by atoms with Gasteiger partial charge >= 0.3 is 5.97 Å². The first-order valence-electron chi connectivity index (χ1n) is 6.73. The molecular formula is C17H15NO4. The van der Waals surface area contributed by atoms with E-state index in [0.717, 1.165) is 0 Å². The molecule has 0 radical (unpaired) electrons. The third-order valence-electron chi connectivity index (χ3n) is 3.17. The number of amides is 1. The van der Waals surface area contributed by atoms with E-state index in [9.17, 15) is 14.4 Å². The van der Waals surface area contributed by atoms with Crippen molar-refractivity contribution < 1.29 is 19.5 Å². The number of benzene rings is 2. The maximum atomic E-state index is 12.5. The molecule has 0 aromatic heterocycles. The number of carboxylic acid groups (broad SMARTS) is 1. The molecule has 2 rings (SSSR count). The lowest BCUT2D eigenvalue weighted by Crippen LogP contribution is -2.38. The summed E-state index contributed by atoms with van der Waals surface area (Å²) in [5.74, 6) is -2.01. The van der Waals surface area contributed by atoms with Crippen LogP contribution in [0, 0.1) is 0 Å². The van der Waals surface area contributed by atoms with Gasteiger partial charge in [0.25, 0.3) is 5.91 Å². The minimum absolute atomic E-state index is 0.157. The van der Waals surface area contributed by atoms with Crippen LogP contribution in [0.3, 0.4) is 0 Å². The molecule has 1 atom stereocenters. The maximum Gasteiger partial charge on any atom is 0.325 e. The van der Waals surface area contributed by atoms with E-state index in [4.69, 9.17) is 5.11 Å². The summed E-state index contributed by atoms with van der Waals surface area (Å²) in [5.41, 5.74) is 0.863. The molecule has 0 fully saturated rings. The van der Waals surface area contributed by atoms with E-state index in [1.165, 1.54) is 13.0 Å². The van der Waals surface area contributed by atoms with Crippen molar-refractivity contribution >= 4 is 17.7 Å². The Morgan fingerprint density at radius 2 is 1.45 bits per heavy atom. The monoisotopic (exact) mass is 297 g/mol. The number of hydrogen-bond acceptors (Lipinski definition) is 3. The first-order valence-corrected chi connectivity index (χ1v) is 6.73. The molecule has 0 spiro atoms. The van der Waals surface area contributed by atoms with Crippen molar-refractivity contribution in [2.75, 3.05) is 0 Å². The summed E-state index contributed by atoms with van der Waals surface area (Å²) in [7, 11) is 0. The highest BCUT2D eigenvalue weighted by Gasteiger charge is 2.20. The number of aliphatic carboxylic acids is 1. The highest BCUT2D eigenvalue weighted by atomic mass is 16.4. The van der Waals surface area contributed by atoms with Gasteiger partial charge < -0.3 is 10.4 Å². The molecule has 2 aromatic rings. The molecule has 0 aliphatic rings. The number of nitrogens with one attached hydrogen (secondary N) is 1. The fourth-order valence-electron chi connectivity index (χ4n) is 1.96. The summed E-state index contributed by atoms with van der Waals surface area (Å²) in [4.78, 5) is 35.5. The number of ketones is 1. The number of carbonyl (C=O) groups is 3. The molecule has 2 N–H and O–H groups in total. The fourth-order valence-corrected chi connectivity index (χ4v) is 1.96. The predicted molar refractivity (Wildman–Crippen MR) is 80.9 cm³/mol. The minimum atomic E-state index is -1.14. The zero-order valence-electron chi connectivity index (χ0n) is 11.9. The number of carbonyl (C=O) groups excluding carboxylic acids is 2. The Morgan fingerprint density at radius 1 is 0.909 bits per heavy atom. The summed E-state index contributed by atoms with van der Waals surface area (Å²) in [6, 6.07) is 13.9. The van der Waals surface area contributed by atoms with Gasteiger partial charge in [-0.15, -0.1) is 0 Å². The summed E-state index contributed by atoms with van der Waals surface area (Å²) < 4.78 is 0. The van der Waals surface area contributed by atoms with Crippen molar-refractivity contribution in [1.82, 2.24) is 5.32 Å². The first-order chi connectivity index (χ1) is 10.5. The molecule has 22 heavy (non-hydrogen) atoms. The van der Waals surface area contributed by atoms with Crippen LogP contribution in [0.2, 0.25) is 0 Å². The molecule has 2 aromatic carbocycles. The Morgan fingerprint density at radius 3 is 2.05 bits per heavy atom. The van der Waals surface area contributed by atoms with Crippen molar-refractivity contribution in [2.45, 2.75) is 13.0 Å². The first kappa shape index (κ1) is 15.4. The normalized spacial score (nSPS) is 11.5. The Balaban J connectivity index is 2.33. The van der Waals surface area contributed by atoms with E-state index in [0.29, 0.717) is 5.56 Å². The highest BCUT2D eigenvalue weighted by molar-refractivity contribution is 6.15. The molecule has 1 unspecified atom stereocenters. The van der Waals surface area contributed by atoms with Gasteiger partial charge in [0.05, 0.1) is 5.56 Å². The van der Waals surface area contributed by atoms with Crippen LogP contribution in [-0.2, 0) is 4.79 Å². The standard InChI is InChI=1S/C17H15NO4/c1-11(17(21)22)18-16(20)14-10-6-5-9-13(14)15(19)12-7-3-2-4-8-12/h2-11H,1H3,(H,18,20)(H,21,22). The SMILES string of the molecule is CC(NC(=O)c1ccccc1C(=O)c1ccccc1)C(=O)O. The maximum absolute atomic E-state index is 12.5. The number of hydrogen-bond donors (Lipinski definition) is 2. The van der Waals surface area contributed by atoms with Gasteiger partial charge in [0.15, 0.2) is 5.78 Å². The minimum Gasteiger partial charge on any atom is -0.480 e. The molecule has 5 heteroatoms. The van der Waals surface area contributed by atoms with Crippen LogP contribution in [0.15, 0.2) is 54.6 Å². The quantitative estimate of drug-likeness (QED) is 0.828. The lowest BCUT2D eigenvalue weighted by molar-refractivity contribution is -0.138. The van der Waals surface area contributed by atoms with Gasteiger partial charge in [-0.05, 0) is 13.0 Å². The zero-order valence-corrected chi connectivity index (χ0v) is 11.9. The Labute approximate surface area is 127 Å². The van der Waals surface area contributed by atoms with E-state index in [2.05, 4.69) is 5.32 Å². The molecule has 0 heterocycles. The largest absolute Gasteiger partial charge is 0.480 e. The Bertz CT molecular complexity index is 710. The van der Waals surface area contributed by atoms with Gasteiger partial charge in [-0.2, -0.15) is 0 Å². The number of carboxylic acids is 1.